The van der Waals surface area contributed by atoms with Crippen molar-refractivity contribution in [2.24, 2.45) is 0 Å². The number of carbonyl (C=O) groups is 1. The number of hydrogen-bond acceptors (Lipinski definition) is 3. The number of urea groups is 1. The van der Waals surface area contributed by atoms with Crippen LogP contribution >= 0.6 is 11.8 Å². The Balaban J connectivity index is 1.65. The maximum Gasteiger partial charge on any atom is 0.315 e. The minimum Gasteiger partial charge on any atom is -0.388 e. The van der Waals surface area contributed by atoms with Crippen LogP contribution in [0.3, 0.4) is 0 Å². The monoisotopic (exact) mass is 322 g/mol. The normalized spacial score (nSPS) is 22.8. The second kappa shape index (κ2) is 9.06. The Kier molecular flexibility index (Phi) is 7.06. The van der Waals surface area contributed by atoms with Crippen LogP contribution in [0.5, 0.6) is 0 Å². The Morgan fingerprint density at radius 2 is 2.14 bits per heavy atom. The molecule has 0 heterocycles. The first kappa shape index (κ1) is 17.2. The van der Waals surface area contributed by atoms with E-state index in [1.165, 1.54) is 12.8 Å². The zero-order valence-electron chi connectivity index (χ0n) is 13.1. The van der Waals surface area contributed by atoms with E-state index in [9.17, 15) is 9.90 Å². The zero-order valence-corrected chi connectivity index (χ0v) is 13.9. The van der Waals surface area contributed by atoms with Gasteiger partial charge in [-0.05, 0) is 37.5 Å². The minimum absolute atomic E-state index is 0.119. The van der Waals surface area contributed by atoms with Gasteiger partial charge in [0.1, 0.15) is 0 Å². The summed E-state index contributed by atoms with van der Waals surface area (Å²) in [5, 5.41) is 16.6. The summed E-state index contributed by atoms with van der Waals surface area (Å²) in [4.78, 5) is 11.9. The first-order valence-corrected chi connectivity index (χ1v) is 9.28. The quantitative estimate of drug-likeness (QED) is 0.754. The highest BCUT2D eigenvalue weighted by atomic mass is 32.2. The van der Waals surface area contributed by atoms with Gasteiger partial charge in [-0.25, -0.2) is 4.79 Å². The number of nitrogens with one attached hydrogen (secondary N) is 2. The van der Waals surface area contributed by atoms with E-state index < -0.39 is 6.10 Å². The van der Waals surface area contributed by atoms with Crippen molar-refractivity contribution in [2.45, 2.75) is 49.5 Å². The van der Waals surface area contributed by atoms with E-state index in [1.54, 1.807) is 0 Å². The summed E-state index contributed by atoms with van der Waals surface area (Å²) in [7, 11) is 0. The van der Waals surface area contributed by atoms with Crippen LogP contribution < -0.4 is 10.6 Å². The van der Waals surface area contributed by atoms with E-state index in [0.717, 1.165) is 18.4 Å². The van der Waals surface area contributed by atoms with Crippen molar-refractivity contribution in [3.63, 3.8) is 0 Å². The number of aliphatic hydroxyl groups is 1. The third-order valence-electron chi connectivity index (χ3n) is 4.18. The lowest BCUT2D eigenvalue weighted by molar-refractivity contribution is 0.166. The lowest BCUT2D eigenvalue weighted by Crippen LogP contribution is -2.44. The second-order valence-electron chi connectivity index (χ2n) is 5.84. The van der Waals surface area contributed by atoms with Crippen molar-refractivity contribution in [3.8, 4) is 0 Å². The average Bonchev–Trinajstić information content (AvgIpc) is 2.55. The fourth-order valence-electron chi connectivity index (χ4n) is 2.89. The Morgan fingerprint density at radius 3 is 2.86 bits per heavy atom. The van der Waals surface area contributed by atoms with E-state index in [0.29, 0.717) is 18.2 Å². The Hall–Kier alpha value is -1.20. The van der Waals surface area contributed by atoms with Gasteiger partial charge >= 0.3 is 6.03 Å². The summed E-state index contributed by atoms with van der Waals surface area (Å²) in [6, 6.07) is 9.70. The highest BCUT2D eigenvalue weighted by Gasteiger charge is 2.22. The Morgan fingerprint density at radius 1 is 1.36 bits per heavy atom. The SMILES string of the molecule is CSC1CCCC(NC(=O)NCCC(O)c2ccccc2)C1. The largest absolute Gasteiger partial charge is 0.388 e. The fraction of sp³-hybridized carbons (Fsp3) is 0.588. The molecule has 0 radical (unpaired) electrons. The molecule has 2 amide bonds. The number of aliphatic hydroxyl groups excluding tert-OH is 1. The topological polar surface area (TPSA) is 61.4 Å². The molecule has 3 unspecified atom stereocenters. The number of hydrogen-bond donors (Lipinski definition) is 3. The number of rotatable bonds is 6. The molecule has 0 aromatic heterocycles. The van der Waals surface area contributed by atoms with E-state index in [2.05, 4.69) is 16.9 Å². The molecule has 3 atom stereocenters. The molecule has 0 bridgehead atoms. The molecule has 1 fully saturated rings. The minimum atomic E-state index is -0.531. The third-order valence-corrected chi connectivity index (χ3v) is 5.28. The Bertz CT molecular complexity index is 455. The highest BCUT2D eigenvalue weighted by molar-refractivity contribution is 7.99. The molecule has 122 valence electrons. The summed E-state index contributed by atoms with van der Waals surface area (Å²) >= 11 is 1.89. The van der Waals surface area contributed by atoms with Gasteiger partial charge in [-0.2, -0.15) is 11.8 Å². The molecular weight excluding hydrogens is 296 g/mol. The van der Waals surface area contributed by atoms with Crippen molar-refractivity contribution in [2.75, 3.05) is 12.8 Å². The summed E-state index contributed by atoms with van der Waals surface area (Å²) in [5.74, 6) is 0. The molecule has 1 saturated carbocycles. The molecule has 4 nitrogen and oxygen atoms in total. The summed E-state index contributed by atoms with van der Waals surface area (Å²) in [5.41, 5.74) is 0.889. The maximum atomic E-state index is 11.9. The molecule has 0 spiro atoms. The maximum absolute atomic E-state index is 11.9. The lowest BCUT2D eigenvalue weighted by atomic mass is 9.95. The second-order valence-corrected chi connectivity index (χ2v) is 6.97. The van der Waals surface area contributed by atoms with Crippen LogP contribution in [0.1, 0.15) is 43.8 Å². The zero-order chi connectivity index (χ0) is 15.8. The molecule has 22 heavy (non-hydrogen) atoms. The summed E-state index contributed by atoms with van der Waals surface area (Å²) in [6.45, 7) is 0.473. The number of carbonyl (C=O) groups excluding carboxylic acids is 1. The van der Waals surface area contributed by atoms with Gasteiger partial charge < -0.3 is 15.7 Å². The smallest absolute Gasteiger partial charge is 0.315 e. The van der Waals surface area contributed by atoms with Crippen molar-refractivity contribution in [1.82, 2.24) is 10.6 Å². The van der Waals surface area contributed by atoms with Gasteiger partial charge in [0, 0.05) is 17.8 Å². The Labute approximate surface area is 137 Å². The molecule has 5 heteroatoms. The van der Waals surface area contributed by atoms with Crippen LogP contribution in [-0.4, -0.2) is 35.2 Å². The van der Waals surface area contributed by atoms with Crippen molar-refractivity contribution < 1.29 is 9.90 Å². The standard InChI is InChI=1S/C17H26N2O2S/c1-22-15-9-5-8-14(12-15)19-17(21)18-11-10-16(20)13-6-3-2-4-7-13/h2-4,6-7,14-16,20H,5,8-12H2,1H3,(H2,18,19,21). The van der Waals surface area contributed by atoms with Crippen LogP contribution in [0.15, 0.2) is 30.3 Å². The van der Waals surface area contributed by atoms with Crippen LogP contribution in [0.4, 0.5) is 4.79 Å². The molecule has 2 rings (SSSR count). The van der Waals surface area contributed by atoms with Gasteiger partial charge in [0.25, 0.3) is 0 Å². The van der Waals surface area contributed by atoms with Gasteiger partial charge in [0.05, 0.1) is 6.10 Å². The third kappa shape index (κ3) is 5.54. The summed E-state index contributed by atoms with van der Waals surface area (Å²) < 4.78 is 0. The number of benzene rings is 1. The van der Waals surface area contributed by atoms with Gasteiger partial charge in [-0.3, -0.25) is 0 Å². The van der Waals surface area contributed by atoms with Crippen molar-refractivity contribution >= 4 is 17.8 Å². The highest BCUT2D eigenvalue weighted by Crippen LogP contribution is 2.26. The van der Waals surface area contributed by atoms with Gasteiger partial charge in [-0.15, -0.1) is 0 Å². The lowest BCUT2D eigenvalue weighted by Gasteiger charge is -2.28. The predicted octanol–water partition coefficient (Wildman–Crippen LogP) is 3.08. The molecule has 0 saturated heterocycles. The van der Waals surface area contributed by atoms with Gasteiger partial charge in [0.15, 0.2) is 0 Å². The molecular formula is C17H26N2O2S. The van der Waals surface area contributed by atoms with E-state index >= 15 is 0 Å². The van der Waals surface area contributed by atoms with E-state index in [-0.39, 0.29) is 12.1 Å². The molecule has 1 aromatic rings. The van der Waals surface area contributed by atoms with Crippen molar-refractivity contribution in [1.29, 1.82) is 0 Å². The van der Waals surface area contributed by atoms with Crippen molar-refractivity contribution in [3.05, 3.63) is 35.9 Å². The molecule has 0 aliphatic heterocycles. The molecule has 1 aromatic carbocycles. The van der Waals surface area contributed by atoms with E-state index in [4.69, 9.17) is 0 Å². The van der Waals surface area contributed by atoms with Crippen LogP contribution in [0, 0.1) is 0 Å². The molecule has 3 N–H and O–H groups in total. The summed E-state index contributed by atoms with van der Waals surface area (Å²) in [6.07, 6.45) is 6.69. The van der Waals surface area contributed by atoms with E-state index in [1.807, 2.05) is 42.1 Å². The average molecular weight is 322 g/mol. The van der Waals surface area contributed by atoms with Crippen LogP contribution in [0.25, 0.3) is 0 Å². The molecule has 1 aliphatic rings. The van der Waals surface area contributed by atoms with Gasteiger partial charge in [0.2, 0.25) is 0 Å². The molecule has 1 aliphatic carbocycles. The van der Waals surface area contributed by atoms with Gasteiger partial charge in [-0.1, -0.05) is 36.8 Å². The first-order valence-electron chi connectivity index (χ1n) is 7.99. The number of thioether (sulfide) groups is 1. The fourth-order valence-corrected chi connectivity index (χ4v) is 3.72. The van der Waals surface area contributed by atoms with Crippen LogP contribution in [-0.2, 0) is 0 Å². The van der Waals surface area contributed by atoms with Crippen LogP contribution in [0.2, 0.25) is 0 Å². The predicted molar refractivity (Wildman–Crippen MR) is 92.1 cm³/mol. The first-order chi connectivity index (χ1) is 10.7. The number of amides is 2.